The fraction of sp³-hybridized carbons (Fsp3) is 0. The van der Waals surface area contributed by atoms with Crippen LogP contribution in [0.2, 0.25) is 10.0 Å². The van der Waals surface area contributed by atoms with Crippen molar-refractivity contribution in [1.29, 1.82) is 0 Å². The molecule has 6 aromatic rings. The van der Waals surface area contributed by atoms with Gasteiger partial charge in [-0.15, -0.1) is 0 Å². The van der Waals surface area contributed by atoms with Gasteiger partial charge in [0.1, 0.15) is 0 Å². The molecule has 0 aromatic heterocycles. The van der Waals surface area contributed by atoms with E-state index in [-0.39, 0.29) is 281 Å². The van der Waals surface area contributed by atoms with E-state index in [2.05, 4.69) is 10.6 Å². The molecule has 0 unspecified atom stereocenters. The van der Waals surface area contributed by atoms with Crippen LogP contribution in [0.25, 0.3) is 43.1 Å². The number of rotatable bonds is 8. The normalized spacial score (nSPS) is 12.4. The van der Waals surface area contributed by atoms with Crippen LogP contribution in [0.5, 0.6) is 23.0 Å². The molecule has 0 atom stereocenters. The number of fused-ring (bicyclic) bond motifs is 8. The average molecular weight is 992 g/mol. The third-order valence-corrected chi connectivity index (χ3v) is 9.69. The van der Waals surface area contributed by atoms with Crippen molar-refractivity contribution in [1.82, 2.24) is 0 Å². The minimum absolute atomic E-state index is 0. The Morgan fingerprint density at radius 1 is 0.411 bits per heavy atom. The predicted octanol–water partition coefficient (Wildman–Crippen LogP) is 4.61. The molecule has 1 aliphatic rings. The van der Waals surface area contributed by atoms with Crippen LogP contribution in [0.1, 0.15) is 0 Å². The molecule has 0 saturated carbocycles. The van der Waals surface area contributed by atoms with Gasteiger partial charge in [0.25, 0.3) is 0 Å². The Balaban J connectivity index is 0.00000210. The molecule has 1 aliphatic heterocycles. The van der Waals surface area contributed by atoms with Crippen LogP contribution in [-0.4, -0.2) is 257 Å². The Kier molecular flexibility index (Phi) is 18.1. The van der Waals surface area contributed by atoms with Gasteiger partial charge in [0.15, 0.2) is 23.0 Å². The molecule has 0 amide bonds. The summed E-state index contributed by atoms with van der Waals surface area (Å²) in [5.41, 5.74) is -0.787. The molecule has 0 fully saturated rings. The molecular weight excluding hydrogens is 976 g/mol. The van der Waals surface area contributed by atoms with E-state index in [1.165, 1.54) is 48.5 Å². The summed E-state index contributed by atoms with van der Waals surface area (Å²) in [5.74, 6) is -2.30. The Morgan fingerprint density at radius 2 is 0.661 bits per heavy atom. The van der Waals surface area contributed by atoms with Crippen LogP contribution in [0.3, 0.4) is 0 Å². The van der Waals surface area contributed by atoms with E-state index < -0.39 is 64.6 Å². The first-order chi connectivity index (χ1) is 24.1. The minimum atomic E-state index is -5.30. The number of anilines is 4. The number of halogens is 2. The van der Waals surface area contributed by atoms with Crippen molar-refractivity contribution in [2.24, 2.45) is 0 Å². The molecule has 1 heterocycles. The van der Waals surface area contributed by atoms with Crippen molar-refractivity contribution < 1.29 is 68.6 Å². The van der Waals surface area contributed by atoms with E-state index in [4.69, 9.17) is 39.9 Å². The fourth-order valence-electron chi connectivity index (χ4n) is 5.97. The summed E-state index contributed by atoms with van der Waals surface area (Å²) < 4.78 is 155. The summed E-state index contributed by atoms with van der Waals surface area (Å²) in [6.07, 6.45) is 0. The fourth-order valence-corrected chi connectivity index (χ4v) is 8.02. The van der Waals surface area contributed by atoms with E-state index >= 15 is 0 Å². The molecule has 0 spiro atoms. The van der Waals surface area contributed by atoms with Crippen LogP contribution in [-0.2, 0) is 41.6 Å². The summed E-state index contributed by atoms with van der Waals surface area (Å²) in [4.78, 5) is 0. The zero-order valence-electron chi connectivity index (χ0n) is 28.9. The van der Waals surface area contributed by atoms with Crippen molar-refractivity contribution in [3.63, 3.8) is 0 Å². The summed E-state index contributed by atoms with van der Waals surface area (Å²) in [7, 11) is -21.1. The smallest absolute Gasteiger partial charge is 0.360 e. The summed E-state index contributed by atoms with van der Waals surface area (Å²) in [6, 6.07) is 12.9. The zero-order chi connectivity index (χ0) is 37.7. The molecule has 6 N–H and O–H groups in total. The van der Waals surface area contributed by atoms with Gasteiger partial charge in [-0.1, -0.05) is 71.7 Å². The summed E-state index contributed by atoms with van der Waals surface area (Å²) in [6.45, 7) is 0. The summed E-state index contributed by atoms with van der Waals surface area (Å²) >= 11 is 13.4. The molecular formula is C28H16Cl2K4N2O16S4. The van der Waals surface area contributed by atoms with Crippen LogP contribution >= 0.6 is 23.2 Å². The SMILES string of the molecule is O=S(=O)(O)Oc1c2ccccc2c(OS(=O)(=O)O)c2c3c(c(Cl)cc12)Nc1c(c(Cl)cc2c(OS(=O)(=O)O)c4ccccc4c(OS(=O)(=O)O)c12)N3.[K].[K].[K].[K]. The van der Waals surface area contributed by atoms with Gasteiger partial charge in [0.05, 0.1) is 43.6 Å². The van der Waals surface area contributed by atoms with Crippen LogP contribution in [0.15, 0.2) is 60.7 Å². The largest absolute Gasteiger partial charge is 0.446 e. The van der Waals surface area contributed by atoms with Gasteiger partial charge >= 0.3 is 41.6 Å². The van der Waals surface area contributed by atoms with Crippen molar-refractivity contribution >= 4 is 336 Å². The van der Waals surface area contributed by atoms with Crippen molar-refractivity contribution in [2.45, 2.75) is 0 Å². The van der Waals surface area contributed by atoms with Crippen molar-refractivity contribution in [3.05, 3.63) is 70.7 Å². The zero-order valence-corrected chi connectivity index (χ0v) is 46.1. The monoisotopic (exact) mass is 990 g/mol. The molecule has 56 heavy (non-hydrogen) atoms. The molecule has 0 bridgehead atoms. The molecule has 7 rings (SSSR count). The molecule has 28 heteroatoms. The van der Waals surface area contributed by atoms with Gasteiger partial charge in [-0.25, -0.2) is 0 Å². The van der Waals surface area contributed by atoms with Gasteiger partial charge < -0.3 is 27.4 Å². The number of nitrogens with one attached hydrogen (secondary N) is 2. The maximum atomic E-state index is 12.2. The second-order valence-electron chi connectivity index (χ2n) is 10.8. The molecule has 18 nitrogen and oxygen atoms in total. The number of hydrogen-bond acceptors (Lipinski definition) is 14. The second kappa shape index (κ2) is 19.3. The van der Waals surface area contributed by atoms with Gasteiger partial charge in [-0.05, 0) is 12.1 Å². The first-order valence-electron chi connectivity index (χ1n) is 13.7. The third kappa shape index (κ3) is 11.0. The van der Waals surface area contributed by atoms with E-state index in [9.17, 15) is 51.9 Å². The second-order valence-corrected chi connectivity index (χ2v) is 15.7. The number of hydrogen-bond donors (Lipinski definition) is 6. The van der Waals surface area contributed by atoms with Crippen LogP contribution in [0, 0.1) is 0 Å². The molecule has 276 valence electrons. The molecule has 0 saturated heterocycles. The van der Waals surface area contributed by atoms with Crippen LogP contribution in [0.4, 0.5) is 22.7 Å². The molecule has 0 aliphatic carbocycles. The van der Waals surface area contributed by atoms with Gasteiger partial charge in [0, 0.05) is 238 Å². The maximum Gasteiger partial charge on any atom is 0.446 e. The van der Waals surface area contributed by atoms with E-state index in [1.807, 2.05) is 0 Å². The summed E-state index contributed by atoms with van der Waals surface area (Å²) in [5, 5.41) is 3.42. The molecule has 4 radical (unpaired) electrons. The predicted molar refractivity (Wildman–Crippen MR) is 211 cm³/mol. The van der Waals surface area contributed by atoms with Crippen molar-refractivity contribution in [3.8, 4) is 23.0 Å². The Hall–Kier alpha value is 1.93. The maximum absolute atomic E-state index is 12.2. The average Bonchev–Trinajstić information content (AvgIpc) is 3.01. The van der Waals surface area contributed by atoms with Gasteiger partial charge in [-0.3, -0.25) is 18.2 Å². The van der Waals surface area contributed by atoms with E-state index in [0.717, 1.165) is 12.1 Å². The Bertz CT molecular complexity index is 2860. The third-order valence-electron chi connectivity index (χ3n) is 7.59. The topological polar surface area (TPSA) is 278 Å². The van der Waals surface area contributed by atoms with Gasteiger partial charge in [0.2, 0.25) is 0 Å². The van der Waals surface area contributed by atoms with Crippen LogP contribution < -0.4 is 27.4 Å². The standard InChI is InChI=1S/C28H16Cl2N2O16S4.4K/c29-17-9-15-19(27(47-51(39,40)41)13-7-3-1-5-11(13)25(15)45-49(33,34)35)23-21(17)32-24-20-16(10-18(30)22(24)31-23)26(46-50(36,37)38)12-6-2-4-8-14(12)28(20)48-52(42,43)44;;;;/h1-10,31-32H,(H,33,34,35)(H,36,37,38)(H,39,40,41)(H,42,43,44);;;;. The van der Waals surface area contributed by atoms with Gasteiger partial charge in [-0.2, -0.15) is 33.7 Å². The quantitative estimate of drug-likeness (QED) is 0.0689. The molecule has 6 aromatic carbocycles. The first kappa shape index (κ1) is 52.3. The Morgan fingerprint density at radius 3 is 0.929 bits per heavy atom. The minimum Gasteiger partial charge on any atom is -0.360 e. The van der Waals surface area contributed by atoms with E-state index in [1.54, 1.807) is 0 Å². The van der Waals surface area contributed by atoms with Crippen molar-refractivity contribution in [2.75, 3.05) is 10.6 Å². The van der Waals surface area contributed by atoms with E-state index in [0.29, 0.717) is 0 Å². The Labute approximate surface area is 497 Å². The first-order valence-corrected chi connectivity index (χ1v) is 20.0. The number of benzene rings is 6.